The fraction of sp³-hybridized carbons (Fsp3) is 0.889. The van der Waals surface area contributed by atoms with Gasteiger partial charge >= 0.3 is 0 Å². The Bertz CT molecular complexity index is 427. The molecule has 2 fully saturated rings. The first-order valence-corrected chi connectivity index (χ1v) is 9.29. The monoisotopic (exact) mass is 322 g/mol. The zero-order chi connectivity index (χ0) is 16.9. The van der Waals surface area contributed by atoms with Gasteiger partial charge in [0.1, 0.15) is 0 Å². The van der Waals surface area contributed by atoms with Gasteiger partial charge in [0.15, 0.2) is 5.96 Å². The van der Waals surface area contributed by atoms with Gasteiger partial charge in [-0.05, 0) is 38.5 Å². The van der Waals surface area contributed by atoms with E-state index in [0.29, 0.717) is 12.6 Å². The third-order valence-electron chi connectivity index (χ3n) is 5.21. The second-order valence-corrected chi connectivity index (χ2v) is 7.42. The van der Waals surface area contributed by atoms with Crippen LogP contribution < -0.4 is 10.6 Å². The van der Waals surface area contributed by atoms with Crippen LogP contribution in [0.25, 0.3) is 0 Å². The number of carbonyl (C=O) groups excluding carboxylic acids is 1. The maximum Gasteiger partial charge on any atom is 0.230 e. The Balaban J connectivity index is 1.99. The number of nitrogens with one attached hydrogen (secondary N) is 2. The number of guanidine groups is 1. The van der Waals surface area contributed by atoms with Crippen molar-refractivity contribution in [3.05, 3.63) is 0 Å². The van der Waals surface area contributed by atoms with Crippen LogP contribution in [0.15, 0.2) is 4.99 Å². The Hall–Kier alpha value is -1.26. The lowest BCUT2D eigenvalue weighted by molar-refractivity contribution is -0.138. The summed E-state index contributed by atoms with van der Waals surface area (Å²) in [6, 6.07) is 0.567. The molecule has 2 unspecified atom stereocenters. The molecule has 23 heavy (non-hydrogen) atoms. The molecular formula is C18H34N4O. The molecule has 132 valence electrons. The van der Waals surface area contributed by atoms with Gasteiger partial charge in [0, 0.05) is 26.7 Å². The van der Waals surface area contributed by atoms with Crippen LogP contribution in [-0.4, -0.2) is 50.0 Å². The van der Waals surface area contributed by atoms with Crippen molar-refractivity contribution >= 4 is 11.9 Å². The number of hydrogen-bond acceptors (Lipinski definition) is 2. The quantitative estimate of drug-likeness (QED) is 0.559. The van der Waals surface area contributed by atoms with Crippen molar-refractivity contribution in [1.82, 2.24) is 15.5 Å². The molecule has 0 aromatic heterocycles. The highest BCUT2D eigenvalue weighted by Crippen LogP contribution is 2.40. The SMILES string of the molecule is CCCC1CC1NC(=NCC1(C(=O)N(C)C)CCCC1)NCC. The zero-order valence-corrected chi connectivity index (χ0v) is 15.3. The maximum absolute atomic E-state index is 12.6. The normalized spacial score (nSPS) is 26.0. The molecule has 0 aromatic rings. The fourth-order valence-electron chi connectivity index (χ4n) is 3.81. The van der Waals surface area contributed by atoms with Crippen molar-refractivity contribution in [2.75, 3.05) is 27.2 Å². The Morgan fingerprint density at radius 2 is 1.96 bits per heavy atom. The predicted molar refractivity (Wildman–Crippen MR) is 95.5 cm³/mol. The summed E-state index contributed by atoms with van der Waals surface area (Å²) in [6.45, 7) is 5.78. The summed E-state index contributed by atoms with van der Waals surface area (Å²) >= 11 is 0. The highest BCUT2D eigenvalue weighted by molar-refractivity contribution is 5.84. The number of hydrogen-bond donors (Lipinski definition) is 2. The summed E-state index contributed by atoms with van der Waals surface area (Å²) in [5, 5.41) is 6.89. The van der Waals surface area contributed by atoms with Crippen LogP contribution in [0.1, 0.15) is 58.8 Å². The largest absolute Gasteiger partial charge is 0.357 e. The van der Waals surface area contributed by atoms with Gasteiger partial charge in [0.05, 0.1) is 12.0 Å². The number of amides is 1. The zero-order valence-electron chi connectivity index (χ0n) is 15.3. The van der Waals surface area contributed by atoms with Crippen LogP contribution in [-0.2, 0) is 4.79 Å². The first kappa shape index (κ1) is 18.1. The van der Waals surface area contributed by atoms with Crippen LogP contribution in [0.4, 0.5) is 0 Å². The van der Waals surface area contributed by atoms with Gasteiger partial charge in [0.2, 0.25) is 5.91 Å². The van der Waals surface area contributed by atoms with Crippen molar-refractivity contribution in [2.24, 2.45) is 16.3 Å². The molecule has 2 N–H and O–H groups in total. The van der Waals surface area contributed by atoms with Crippen LogP contribution in [0.5, 0.6) is 0 Å². The third-order valence-corrected chi connectivity index (χ3v) is 5.21. The molecule has 0 radical (unpaired) electrons. The van der Waals surface area contributed by atoms with Crippen molar-refractivity contribution < 1.29 is 4.79 Å². The molecule has 5 nitrogen and oxygen atoms in total. The molecule has 0 bridgehead atoms. The maximum atomic E-state index is 12.6. The van der Waals surface area contributed by atoms with Crippen molar-refractivity contribution in [2.45, 2.75) is 64.8 Å². The van der Waals surface area contributed by atoms with Gasteiger partial charge in [0.25, 0.3) is 0 Å². The number of aliphatic imine (C=N–C) groups is 1. The van der Waals surface area contributed by atoms with Gasteiger partial charge in [-0.1, -0.05) is 26.2 Å². The molecule has 0 aromatic carbocycles. The van der Waals surface area contributed by atoms with E-state index in [4.69, 9.17) is 4.99 Å². The average molecular weight is 322 g/mol. The summed E-state index contributed by atoms with van der Waals surface area (Å²) in [5.74, 6) is 1.92. The molecule has 0 spiro atoms. The second-order valence-electron chi connectivity index (χ2n) is 7.42. The number of nitrogens with zero attached hydrogens (tertiary/aromatic N) is 2. The van der Waals surface area contributed by atoms with Crippen LogP contribution >= 0.6 is 0 Å². The van der Waals surface area contributed by atoms with Gasteiger partial charge in [-0.15, -0.1) is 0 Å². The Labute approximate surface area is 141 Å². The smallest absolute Gasteiger partial charge is 0.230 e. The van der Waals surface area contributed by atoms with Crippen LogP contribution in [0.3, 0.4) is 0 Å². The average Bonchev–Trinajstić information content (AvgIpc) is 3.07. The Morgan fingerprint density at radius 1 is 1.26 bits per heavy atom. The molecule has 2 atom stereocenters. The summed E-state index contributed by atoms with van der Waals surface area (Å²) in [4.78, 5) is 19.2. The summed E-state index contributed by atoms with van der Waals surface area (Å²) in [6.07, 6.45) is 8.00. The van der Waals surface area contributed by atoms with Crippen LogP contribution in [0, 0.1) is 11.3 Å². The minimum absolute atomic E-state index is 0.241. The lowest BCUT2D eigenvalue weighted by Crippen LogP contribution is -2.43. The van der Waals surface area contributed by atoms with E-state index < -0.39 is 0 Å². The minimum Gasteiger partial charge on any atom is -0.357 e. The highest BCUT2D eigenvalue weighted by atomic mass is 16.2. The fourth-order valence-corrected chi connectivity index (χ4v) is 3.81. The van der Waals surface area contributed by atoms with Gasteiger partial charge in [-0.25, -0.2) is 0 Å². The third kappa shape index (κ3) is 4.61. The molecule has 2 saturated carbocycles. The molecule has 1 amide bonds. The molecule has 5 heteroatoms. The molecular weight excluding hydrogens is 288 g/mol. The summed E-state index contributed by atoms with van der Waals surface area (Å²) in [5.41, 5.74) is -0.280. The molecule has 2 aliphatic carbocycles. The topological polar surface area (TPSA) is 56.7 Å². The van der Waals surface area contributed by atoms with E-state index in [2.05, 4.69) is 24.5 Å². The van der Waals surface area contributed by atoms with E-state index in [9.17, 15) is 4.79 Å². The Kier molecular flexibility index (Phi) is 6.31. The van der Waals surface area contributed by atoms with E-state index in [1.165, 1.54) is 19.3 Å². The van der Waals surface area contributed by atoms with E-state index in [1.807, 2.05) is 14.1 Å². The van der Waals surface area contributed by atoms with Gasteiger partial charge in [-0.2, -0.15) is 0 Å². The summed E-state index contributed by atoms with van der Waals surface area (Å²) < 4.78 is 0. The van der Waals surface area contributed by atoms with Crippen molar-refractivity contribution in [3.8, 4) is 0 Å². The molecule has 2 rings (SSSR count). The van der Waals surface area contributed by atoms with Gasteiger partial charge < -0.3 is 15.5 Å². The second kappa shape index (κ2) is 8.02. The predicted octanol–water partition coefficient (Wildman–Crippen LogP) is 2.38. The lowest BCUT2D eigenvalue weighted by atomic mass is 9.85. The highest BCUT2D eigenvalue weighted by Gasteiger charge is 2.42. The van der Waals surface area contributed by atoms with E-state index in [0.717, 1.165) is 44.1 Å². The Morgan fingerprint density at radius 3 is 2.52 bits per heavy atom. The van der Waals surface area contributed by atoms with E-state index in [-0.39, 0.29) is 11.3 Å². The lowest BCUT2D eigenvalue weighted by Gasteiger charge is -2.29. The van der Waals surface area contributed by atoms with Gasteiger partial charge in [-0.3, -0.25) is 9.79 Å². The molecule has 0 heterocycles. The standard InChI is InChI=1S/C18H34N4O/c1-5-9-14-12-15(14)21-17(19-6-2)20-13-18(10-7-8-11-18)16(23)22(3)4/h14-15H,5-13H2,1-4H3,(H2,19,20,21). The molecule has 2 aliphatic rings. The van der Waals surface area contributed by atoms with Crippen molar-refractivity contribution in [3.63, 3.8) is 0 Å². The first-order valence-electron chi connectivity index (χ1n) is 9.29. The molecule has 0 aliphatic heterocycles. The number of carbonyl (C=O) groups is 1. The van der Waals surface area contributed by atoms with E-state index in [1.54, 1.807) is 4.90 Å². The number of rotatable bonds is 7. The molecule has 0 saturated heterocycles. The van der Waals surface area contributed by atoms with Crippen molar-refractivity contribution in [1.29, 1.82) is 0 Å². The van der Waals surface area contributed by atoms with E-state index >= 15 is 0 Å². The minimum atomic E-state index is -0.280. The first-order chi connectivity index (χ1) is 11.0. The summed E-state index contributed by atoms with van der Waals surface area (Å²) in [7, 11) is 3.71. The van der Waals surface area contributed by atoms with Crippen LogP contribution in [0.2, 0.25) is 0 Å².